The van der Waals surface area contributed by atoms with Gasteiger partial charge in [0.1, 0.15) is 11.3 Å². The molecule has 3 N–H and O–H groups in total. The lowest BCUT2D eigenvalue weighted by molar-refractivity contribution is 0.404. The largest absolute Gasteiger partial charge is 0.495 e. The Kier molecular flexibility index (Phi) is 4.67. The first-order valence-corrected chi connectivity index (χ1v) is 9.56. The number of hydrogen-bond donors (Lipinski definition) is 2. The van der Waals surface area contributed by atoms with Gasteiger partial charge in [-0.15, -0.1) is 0 Å². The van der Waals surface area contributed by atoms with Crippen molar-refractivity contribution in [3.05, 3.63) is 29.0 Å². The highest BCUT2D eigenvalue weighted by molar-refractivity contribution is 9.10. The first kappa shape index (κ1) is 17.1. The van der Waals surface area contributed by atoms with Crippen LogP contribution in [-0.4, -0.2) is 33.1 Å². The summed E-state index contributed by atoms with van der Waals surface area (Å²) < 4.78 is 6.60. The number of hydrogen-bond acceptors (Lipinski definition) is 6. The number of aromatic nitrogens is 4. The predicted octanol–water partition coefficient (Wildman–Crippen LogP) is 4.18. The van der Waals surface area contributed by atoms with E-state index in [0.29, 0.717) is 29.0 Å². The van der Waals surface area contributed by atoms with E-state index in [1.54, 1.807) is 13.4 Å². The fourth-order valence-corrected chi connectivity index (χ4v) is 3.95. The molecule has 1 aliphatic carbocycles. The van der Waals surface area contributed by atoms with E-state index in [0.717, 1.165) is 28.8 Å². The molecule has 3 aromatic rings. The van der Waals surface area contributed by atoms with Gasteiger partial charge in [0.05, 0.1) is 19.1 Å². The Morgan fingerprint density at radius 3 is 2.81 bits per heavy atom. The van der Waals surface area contributed by atoms with Crippen molar-refractivity contribution in [2.45, 2.75) is 38.1 Å². The lowest BCUT2D eigenvalue weighted by atomic mass is 9.94. The quantitative estimate of drug-likeness (QED) is 0.662. The minimum atomic E-state index is 0.301. The van der Waals surface area contributed by atoms with Gasteiger partial charge < -0.3 is 20.4 Å². The Bertz CT molecular complexity index is 921. The van der Waals surface area contributed by atoms with Crippen LogP contribution in [0, 0.1) is 0 Å². The lowest BCUT2D eigenvalue weighted by Crippen LogP contribution is -2.34. The van der Waals surface area contributed by atoms with E-state index in [1.807, 2.05) is 18.2 Å². The van der Waals surface area contributed by atoms with Gasteiger partial charge in [-0.3, -0.25) is 0 Å². The molecule has 1 aliphatic rings. The number of anilines is 3. The molecular weight excluding hydrogens is 396 g/mol. The molecule has 4 rings (SSSR count). The van der Waals surface area contributed by atoms with Gasteiger partial charge in [0.25, 0.3) is 0 Å². The molecule has 1 saturated carbocycles. The van der Waals surface area contributed by atoms with Crippen molar-refractivity contribution in [1.82, 2.24) is 19.9 Å². The summed E-state index contributed by atoms with van der Waals surface area (Å²) in [5.41, 5.74) is 8.34. The van der Waals surface area contributed by atoms with Crippen LogP contribution < -0.4 is 15.4 Å². The smallest absolute Gasteiger partial charge is 0.234 e. The molecule has 0 unspecified atom stereocenters. The zero-order chi connectivity index (χ0) is 18.1. The Balaban J connectivity index is 1.87. The van der Waals surface area contributed by atoms with Crippen LogP contribution in [0.25, 0.3) is 11.2 Å². The predicted molar refractivity (Wildman–Crippen MR) is 106 cm³/mol. The van der Waals surface area contributed by atoms with E-state index in [9.17, 15) is 0 Å². The zero-order valence-corrected chi connectivity index (χ0v) is 16.2. The SMILES string of the molecule is COc1cc(Br)ccc1N(c1nc(N)c2[nH]cnc2n1)C1CCCCC1. The molecule has 2 aromatic heterocycles. The van der Waals surface area contributed by atoms with Gasteiger partial charge >= 0.3 is 0 Å². The summed E-state index contributed by atoms with van der Waals surface area (Å²) in [6.07, 6.45) is 7.41. The first-order valence-electron chi connectivity index (χ1n) is 8.76. The second-order valence-corrected chi connectivity index (χ2v) is 7.40. The molecule has 2 heterocycles. The molecule has 1 fully saturated rings. The van der Waals surface area contributed by atoms with Crippen LogP contribution in [0.5, 0.6) is 5.75 Å². The summed E-state index contributed by atoms with van der Waals surface area (Å²) in [6, 6.07) is 6.30. The molecule has 0 amide bonds. The molecule has 0 spiro atoms. The lowest BCUT2D eigenvalue weighted by Gasteiger charge is -2.35. The number of imidazole rings is 1. The number of nitrogens with two attached hydrogens (primary N) is 1. The summed E-state index contributed by atoms with van der Waals surface area (Å²) in [5, 5.41) is 0. The molecular formula is C18H21BrN6O. The van der Waals surface area contributed by atoms with Crippen LogP contribution in [-0.2, 0) is 0 Å². The highest BCUT2D eigenvalue weighted by Gasteiger charge is 2.28. The maximum atomic E-state index is 6.15. The van der Waals surface area contributed by atoms with Gasteiger partial charge in [0, 0.05) is 10.5 Å². The van der Waals surface area contributed by atoms with Gasteiger partial charge in [-0.25, -0.2) is 4.98 Å². The van der Waals surface area contributed by atoms with Crippen LogP contribution in [0.2, 0.25) is 0 Å². The Labute approximate surface area is 160 Å². The van der Waals surface area contributed by atoms with Gasteiger partial charge in [0.2, 0.25) is 5.95 Å². The van der Waals surface area contributed by atoms with E-state index >= 15 is 0 Å². The van der Waals surface area contributed by atoms with Crippen LogP contribution in [0.4, 0.5) is 17.5 Å². The van der Waals surface area contributed by atoms with Crippen LogP contribution in [0.15, 0.2) is 29.0 Å². The monoisotopic (exact) mass is 416 g/mol. The zero-order valence-electron chi connectivity index (χ0n) is 14.6. The summed E-state index contributed by atoms with van der Waals surface area (Å²) in [4.78, 5) is 18.7. The average molecular weight is 417 g/mol. The number of nitrogens with one attached hydrogen (secondary N) is 1. The third kappa shape index (κ3) is 3.09. The number of methoxy groups -OCH3 is 1. The van der Waals surface area contributed by atoms with Gasteiger partial charge in [-0.1, -0.05) is 35.2 Å². The molecule has 0 saturated heterocycles. The highest BCUT2D eigenvalue weighted by atomic mass is 79.9. The van der Waals surface area contributed by atoms with E-state index in [1.165, 1.54) is 19.3 Å². The van der Waals surface area contributed by atoms with Crippen LogP contribution in [0.3, 0.4) is 0 Å². The Morgan fingerprint density at radius 1 is 1.23 bits per heavy atom. The normalized spacial score (nSPS) is 15.3. The minimum Gasteiger partial charge on any atom is -0.495 e. The first-order chi connectivity index (χ1) is 12.7. The number of fused-ring (bicyclic) bond motifs is 1. The summed E-state index contributed by atoms with van der Waals surface area (Å²) in [6.45, 7) is 0. The average Bonchev–Trinajstić information content (AvgIpc) is 3.13. The number of aromatic amines is 1. The van der Waals surface area contributed by atoms with Crippen molar-refractivity contribution in [2.24, 2.45) is 0 Å². The van der Waals surface area contributed by atoms with E-state index in [2.05, 4.69) is 40.8 Å². The van der Waals surface area contributed by atoms with Crippen LogP contribution in [0.1, 0.15) is 32.1 Å². The number of halogens is 1. The molecule has 0 radical (unpaired) electrons. The van der Waals surface area contributed by atoms with Crippen molar-refractivity contribution in [1.29, 1.82) is 0 Å². The fraction of sp³-hybridized carbons (Fsp3) is 0.389. The molecule has 8 heteroatoms. The van der Waals surface area contributed by atoms with Crippen molar-refractivity contribution < 1.29 is 4.74 Å². The van der Waals surface area contributed by atoms with Crippen molar-refractivity contribution in [2.75, 3.05) is 17.7 Å². The maximum Gasteiger partial charge on any atom is 0.234 e. The molecule has 136 valence electrons. The van der Waals surface area contributed by atoms with Gasteiger partial charge in [-0.05, 0) is 31.0 Å². The van der Waals surface area contributed by atoms with Crippen molar-refractivity contribution in [3.8, 4) is 5.75 Å². The number of rotatable bonds is 4. The van der Waals surface area contributed by atoms with Gasteiger partial charge in [-0.2, -0.15) is 9.97 Å². The third-order valence-electron chi connectivity index (χ3n) is 4.86. The van der Waals surface area contributed by atoms with Gasteiger partial charge in [0.15, 0.2) is 11.5 Å². The Hall–Kier alpha value is -2.35. The van der Waals surface area contributed by atoms with Crippen molar-refractivity contribution >= 4 is 44.5 Å². The number of H-pyrrole nitrogens is 1. The van der Waals surface area contributed by atoms with E-state index in [4.69, 9.17) is 10.5 Å². The highest BCUT2D eigenvalue weighted by Crippen LogP contribution is 2.39. The maximum absolute atomic E-state index is 6.15. The second kappa shape index (κ2) is 7.11. The molecule has 0 atom stereocenters. The Morgan fingerprint density at radius 2 is 2.04 bits per heavy atom. The molecule has 0 bridgehead atoms. The number of nitrogens with zero attached hydrogens (tertiary/aromatic N) is 4. The topological polar surface area (TPSA) is 92.9 Å². The number of benzene rings is 1. The molecule has 26 heavy (non-hydrogen) atoms. The molecule has 1 aromatic carbocycles. The van der Waals surface area contributed by atoms with E-state index < -0.39 is 0 Å². The summed E-state index contributed by atoms with van der Waals surface area (Å²) >= 11 is 3.51. The van der Waals surface area contributed by atoms with Crippen LogP contribution >= 0.6 is 15.9 Å². The molecule has 0 aliphatic heterocycles. The molecule has 7 nitrogen and oxygen atoms in total. The standard InChI is InChI=1S/C18H21BrN6O/c1-26-14-9-11(19)7-8-13(14)25(12-5-3-2-4-6-12)18-23-16(20)15-17(24-18)22-10-21-15/h7-10,12H,2-6H2,1H3,(H3,20,21,22,23,24). The minimum absolute atomic E-state index is 0.301. The third-order valence-corrected chi connectivity index (χ3v) is 5.35. The van der Waals surface area contributed by atoms with E-state index in [-0.39, 0.29) is 0 Å². The summed E-state index contributed by atoms with van der Waals surface area (Å²) in [5.74, 6) is 1.74. The number of ether oxygens (including phenoxy) is 1. The second-order valence-electron chi connectivity index (χ2n) is 6.49. The fourth-order valence-electron chi connectivity index (χ4n) is 3.61. The summed E-state index contributed by atoms with van der Waals surface area (Å²) in [7, 11) is 1.68. The van der Waals surface area contributed by atoms with Crippen molar-refractivity contribution in [3.63, 3.8) is 0 Å². The number of nitrogen functional groups attached to an aromatic ring is 1.